The van der Waals surface area contributed by atoms with E-state index < -0.39 is 17.1 Å². The number of ether oxygens (including phenoxy) is 1. The maximum Gasteiger partial charge on any atom is 0.326 e. The summed E-state index contributed by atoms with van der Waals surface area (Å²) in [7, 11) is 0. The molecule has 1 aromatic heterocycles. The first-order chi connectivity index (χ1) is 13.9. The molecule has 2 aromatic rings. The standard InChI is InChI=1S/C22H24N2O4S/c1-4-5-11-28-20(25)14-23-21(26)19(29-22(23)27)13-17-12-15(2)24(16(17)3)18-9-7-6-8-10-18/h6-10,12-13H,4-5,11,14H2,1-3H3/b19-13+. The Kier molecular flexibility index (Phi) is 6.59. The summed E-state index contributed by atoms with van der Waals surface area (Å²) in [5.41, 5.74) is 3.89. The van der Waals surface area contributed by atoms with Crippen LogP contribution in [0, 0.1) is 13.8 Å². The van der Waals surface area contributed by atoms with Crippen molar-refractivity contribution in [2.75, 3.05) is 13.2 Å². The molecule has 1 aromatic carbocycles. The summed E-state index contributed by atoms with van der Waals surface area (Å²) in [5, 5.41) is -0.453. The maximum atomic E-state index is 12.7. The second-order valence-corrected chi connectivity index (χ2v) is 7.83. The van der Waals surface area contributed by atoms with Crippen LogP contribution >= 0.6 is 11.8 Å². The van der Waals surface area contributed by atoms with Gasteiger partial charge in [0, 0.05) is 17.1 Å². The van der Waals surface area contributed by atoms with Crippen LogP contribution in [0.25, 0.3) is 11.8 Å². The predicted octanol–water partition coefficient (Wildman–Crippen LogP) is 4.47. The quantitative estimate of drug-likeness (QED) is 0.381. The molecular formula is C22H24N2O4S. The number of thioether (sulfide) groups is 1. The Morgan fingerprint density at radius 3 is 2.59 bits per heavy atom. The monoisotopic (exact) mass is 412 g/mol. The molecule has 3 rings (SSSR count). The minimum atomic E-state index is -0.566. The number of rotatable bonds is 7. The lowest BCUT2D eigenvalue weighted by Crippen LogP contribution is -2.34. The number of unbranched alkanes of at least 4 members (excludes halogenated alkanes) is 1. The van der Waals surface area contributed by atoms with E-state index in [1.165, 1.54) is 0 Å². The molecule has 0 radical (unpaired) electrons. The van der Waals surface area contributed by atoms with Crippen LogP contribution in [0.5, 0.6) is 0 Å². The summed E-state index contributed by atoms with van der Waals surface area (Å²) in [6, 6.07) is 11.9. The van der Waals surface area contributed by atoms with E-state index in [4.69, 9.17) is 4.74 Å². The third kappa shape index (κ3) is 4.62. The highest BCUT2D eigenvalue weighted by atomic mass is 32.2. The molecule has 0 atom stereocenters. The number of benzene rings is 1. The van der Waals surface area contributed by atoms with Gasteiger partial charge >= 0.3 is 5.97 Å². The molecule has 1 saturated heterocycles. The zero-order valence-corrected chi connectivity index (χ0v) is 17.6. The lowest BCUT2D eigenvalue weighted by atomic mass is 10.2. The van der Waals surface area contributed by atoms with Crippen molar-refractivity contribution in [1.82, 2.24) is 9.47 Å². The van der Waals surface area contributed by atoms with Gasteiger partial charge in [-0.05, 0) is 61.9 Å². The fourth-order valence-electron chi connectivity index (χ4n) is 3.19. The Hall–Kier alpha value is -2.80. The van der Waals surface area contributed by atoms with Gasteiger partial charge in [-0.3, -0.25) is 19.3 Å². The largest absolute Gasteiger partial charge is 0.464 e. The number of hydrogen-bond donors (Lipinski definition) is 0. The molecule has 2 amide bonds. The molecule has 0 spiro atoms. The van der Waals surface area contributed by atoms with Crippen molar-refractivity contribution in [2.45, 2.75) is 33.6 Å². The van der Waals surface area contributed by atoms with Crippen molar-refractivity contribution < 1.29 is 19.1 Å². The average Bonchev–Trinajstić information content (AvgIpc) is 3.12. The zero-order chi connectivity index (χ0) is 21.0. The minimum absolute atomic E-state index is 0.298. The van der Waals surface area contributed by atoms with E-state index in [0.29, 0.717) is 11.5 Å². The van der Waals surface area contributed by atoms with Crippen LogP contribution in [0.2, 0.25) is 0 Å². The van der Waals surface area contributed by atoms with Gasteiger partial charge in [0.1, 0.15) is 6.54 Å². The predicted molar refractivity (Wildman–Crippen MR) is 114 cm³/mol. The van der Waals surface area contributed by atoms with Crippen LogP contribution in [0.4, 0.5) is 4.79 Å². The number of para-hydroxylation sites is 1. The van der Waals surface area contributed by atoms with Gasteiger partial charge < -0.3 is 9.30 Å². The van der Waals surface area contributed by atoms with Crippen molar-refractivity contribution in [3.05, 3.63) is 58.3 Å². The van der Waals surface area contributed by atoms with Crippen LogP contribution < -0.4 is 0 Å². The molecule has 1 aliphatic rings. The molecule has 1 fully saturated rings. The normalized spacial score (nSPS) is 15.4. The first-order valence-electron chi connectivity index (χ1n) is 9.57. The highest BCUT2D eigenvalue weighted by molar-refractivity contribution is 8.18. The first kappa shape index (κ1) is 20.9. The number of hydrogen-bond acceptors (Lipinski definition) is 5. The van der Waals surface area contributed by atoms with Gasteiger partial charge in [-0.25, -0.2) is 0 Å². The second kappa shape index (κ2) is 9.13. The molecule has 0 aliphatic carbocycles. The maximum absolute atomic E-state index is 12.7. The Labute approximate surface area is 174 Å². The number of aromatic nitrogens is 1. The summed E-state index contributed by atoms with van der Waals surface area (Å²) >= 11 is 0.848. The highest BCUT2D eigenvalue weighted by Crippen LogP contribution is 2.33. The van der Waals surface area contributed by atoms with Gasteiger partial charge in [0.2, 0.25) is 0 Å². The number of carbonyl (C=O) groups is 3. The van der Waals surface area contributed by atoms with Crippen molar-refractivity contribution in [3.8, 4) is 5.69 Å². The third-order valence-corrected chi connectivity index (χ3v) is 5.60. The van der Waals surface area contributed by atoms with Crippen LogP contribution in [-0.2, 0) is 14.3 Å². The number of amides is 2. The molecule has 29 heavy (non-hydrogen) atoms. The number of nitrogens with zero attached hydrogens (tertiary/aromatic N) is 2. The molecule has 2 heterocycles. The number of carbonyl (C=O) groups excluding carboxylic acids is 3. The first-order valence-corrected chi connectivity index (χ1v) is 10.4. The van der Waals surface area contributed by atoms with E-state index in [0.717, 1.165) is 52.1 Å². The van der Waals surface area contributed by atoms with Gasteiger partial charge in [0.15, 0.2) is 0 Å². The topological polar surface area (TPSA) is 68.6 Å². The van der Waals surface area contributed by atoms with E-state index in [2.05, 4.69) is 4.57 Å². The molecule has 0 saturated carbocycles. The highest BCUT2D eigenvalue weighted by Gasteiger charge is 2.36. The molecule has 152 valence electrons. The average molecular weight is 413 g/mol. The van der Waals surface area contributed by atoms with Gasteiger partial charge in [0.25, 0.3) is 11.1 Å². The SMILES string of the molecule is CCCCOC(=O)CN1C(=O)S/C(=C/c2cc(C)n(-c3ccccc3)c2C)C1=O. The molecule has 0 unspecified atom stereocenters. The Morgan fingerprint density at radius 2 is 1.90 bits per heavy atom. The summed E-state index contributed by atoms with van der Waals surface area (Å²) in [6.45, 7) is 5.90. The van der Waals surface area contributed by atoms with Gasteiger partial charge in [-0.1, -0.05) is 31.5 Å². The minimum Gasteiger partial charge on any atom is -0.464 e. The molecule has 1 aliphatic heterocycles. The second-order valence-electron chi connectivity index (χ2n) is 6.84. The van der Waals surface area contributed by atoms with Crippen LogP contribution in [0.3, 0.4) is 0 Å². The Bertz CT molecular complexity index is 963. The number of aryl methyl sites for hydroxylation is 1. The van der Waals surface area contributed by atoms with E-state index in [1.807, 2.05) is 57.2 Å². The molecule has 0 bridgehead atoms. The molecular weight excluding hydrogens is 388 g/mol. The molecule has 6 nitrogen and oxygen atoms in total. The summed E-state index contributed by atoms with van der Waals surface area (Å²) in [5.74, 6) is -1.03. The molecule has 0 N–H and O–H groups in total. The van der Waals surface area contributed by atoms with Crippen LogP contribution in [0.15, 0.2) is 41.3 Å². The van der Waals surface area contributed by atoms with Crippen molar-refractivity contribution in [3.63, 3.8) is 0 Å². The third-order valence-electron chi connectivity index (χ3n) is 4.69. The Morgan fingerprint density at radius 1 is 1.17 bits per heavy atom. The number of esters is 1. The van der Waals surface area contributed by atoms with E-state index in [1.54, 1.807) is 6.08 Å². The summed E-state index contributed by atoms with van der Waals surface area (Å²) < 4.78 is 7.16. The van der Waals surface area contributed by atoms with E-state index in [9.17, 15) is 14.4 Å². The summed E-state index contributed by atoms with van der Waals surface area (Å²) in [4.78, 5) is 38.0. The van der Waals surface area contributed by atoms with E-state index in [-0.39, 0.29) is 6.54 Å². The van der Waals surface area contributed by atoms with Crippen molar-refractivity contribution in [2.24, 2.45) is 0 Å². The fourth-order valence-corrected chi connectivity index (χ4v) is 4.02. The van der Waals surface area contributed by atoms with Gasteiger partial charge in [-0.15, -0.1) is 0 Å². The van der Waals surface area contributed by atoms with E-state index >= 15 is 0 Å². The van der Waals surface area contributed by atoms with Crippen LogP contribution in [-0.4, -0.2) is 39.7 Å². The smallest absolute Gasteiger partial charge is 0.326 e. The zero-order valence-electron chi connectivity index (χ0n) is 16.8. The molecule has 7 heteroatoms. The summed E-state index contributed by atoms with van der Waals surface area (Å²) in [6.07, 6.45) is 3.37. The Balaban J connectivity index is 1.79. The van der Waals surface area contributed by atoms with Crippen molar-refractivity contribution in [1.29, 1.82) is 0 Å². The van der Waals surface area contributed by atoms with Crippen molar-refractivity contribution >= 4 is 35.0 Å². The number of imide groups is 1. The van der Waals surface area contributed by atoms with Gasteiger partial charge in [0.05, 0.1) is 11.5 Å². The lowest BCUT2D eigenvalue weighted by molar-refractivity contribution is -0.146. The van der Waals surface area contributed by atoms with Crippen LogP contribution in [0.1, 0.15) is 36.7 Å². The fraction of sp³-hybridized carbons (Fsp3) is 0.318. The van der Waals surface area contributed by atoms with Gasteiger partial charge in [-0.2, -0.15) is 0 Å². The lowest BCUT2D eigenvalue weighted by Gasteiger charge is -2.11.